The Labute approximate surface area is 126 Å². The zero-order valence-electron chi connectivity index (χ0n) is 12.9. The Morgan fingerprint density at radius 1 is 1.00 bits per heavy atom. The maximum Gasteiger partial charge on any atom is 0.320 e. The third-order valence-electron chi connectivity index (χ3n) is 5.96. The molecule has 2 heterocycles. The van der Waals surface area contributed by atoms with Crippen LogP contribution in [0.1, 0.15) is 45.4 Å². The van der Waals surface area contributed by atoms with Gasteiger partial charge in [0.1, 0.15) is 0 Å². The van der Waals surface area contributed by atoms with Crippen LogP contribution < -0.4 is 0 Å². The summed E-state index contributed by atoms with van der Waals surface area (Å²) in [6, 6.07) is 0.0541. The minimum absolute atomic E-state index is 0.0532. The quantitative estimate of drug-likeness (QED) is 0.808. The summed E-state index contributed by atoms with van der Waals surface area (Å²) in [6.45, 7) is 4.58. The summed E-state index contributed by atoms with van der Waals surface area (Å²) in [5.74, 6) is -1.13. The number of piperidine rings is 1. The Hall–Kier alpha value is -1.26. The number of carboxylic acid groups (broad SMARTS) is 1. The Morgan fingerprint density at radius 3 is 2.14 bits per heavy atom. The third-order valence-corrected chi connectivity index (χ3v) is 5.96. The van der Waals surface area contributed by atoms with E-state index in [9.17, 15) is 14.7 Å². The number of rotatable bonds is 1. The lowest BCUT2D eigenvalue weighted by Crippen LogP contribution is -2.48. The van der Waals surface area contributed by atoms with Crippen LogP contribution in [0.4, 0.5) is 4.79 Å². The second kappa shape index (κ2) is 5.50. The number of amides is 2. The Kier molecular flexibility index (Phi) is 3.84. The van der Waals surface area contributed by atoms with Gasteiger partial charge in [-0.3, -0.25) is 4.79 Å². The first kappa shape index (κ1) is 14.7. The fourth-order valence-electron chi connectivity index (χ4n) is 4.44. The highest BCUT2D eigenvalue weighted by Gasteiger charge is 2.41. The SMILES string of the molecule is C[C@@H]1CN(C(=O)N2CCC3(CCCC3)CC2)C[C@H]1C(=O)O. The van der Waals surface area contributed by atoms with Crippen LogP contribution >= 0.6 is 0 Å². The number of urea groups is 1. The highest BCUT2D eigenvalue weighted by Crippen LogP contribution is 2.46. The third kappa shape index (κ3) is 2.74. The normalized spacial score (nSPS) is 31.9. The number of carboxylic acids is 1. The van der Waals surface area contributed by atoms with Crippen molar-refractivity contribution in [1.29, 1.82) is 0 Å². The molecule has 1 aliphatic carbocycles. The second-order valence-electron chi connectivity index (χ2n) is 7.30. The first-order valence-electron chi connectivity index (χ1n) is 8.27. The molecule has 21 heavy (non-hydrogen) atoms. The van der Waals surface area contributed by atoms with E-state index in [1.807, 2.05) is 11.8 Å². The minimum Gasteiger partial charge on any atom is -0.481 e. The lowest BCUT2D eigenvalue weighted by Gasteiger charge is -2.40. The predicted octanol–water partition coefficient (Wildman–Crippen LogP) is 2.42. The molecule has 1 spiro atoms. The fourth-order valence-corrected chi connectivity index (χ4v) is 4.44. The first-order valence-corrected chi connectivity index (χ1v) is 8.27. The van der Waals surface area contributed by atoms with E-state index in [2.05, 4.69) is 0 Å². The fraction of sp³-hybridized carbons (Fsp3) is 0.875. The molecule has 0 aromatic heterocycles. The van der Waals surface area contributed by atoms with Gasteiger partial charge < -0.3 is 14.9 Å². The topological polar surface area (TPSA) is 60.9 Å². The highest BCUT2D eigenvalue weighted by molar-refractivity contribution is 5.77. The second-order valence-corrected chi connectivity index (χ2v) is 7.30. The van der Waals surface area contributed by atoms with Crippen molar-refractivity contribution < 1.29 is 14.7 Å². The molecule has 5 nitrogen and oxygen atoms in total. The van der Waals surface area contributed by atoms with Gasteiger partial charge in [0.15, 0.2) is 0 Å². The van der Waals surface area contributed by atoms with E-state index in [1.54, 1.807) is 4.90 Å². The van der Waals surface area contributed by atoms with Gasteiger partial charge in [-0.15, -0.1) is 0 Å². The Bertz CT molecular complexity index is 421. The van der Waals surface area contributed by atoms with Crippen LogP contribution in [0.2, 0.25) is 0 Å². The number of likely N-dealkylation sites (tertiary alicyclic amines) is 2. The van der Waals surface area contributed by atoms with Gasteiger partial charge in [-0.25, -0.2) is 4.79 Å². The van der Waals surface area contributed by atoms with E-state index in [0.29, 0.717) is 18.5 Å². The average Bonchev–Trinajstić information content (AvgIpc) is 3.06. The lowest BCUT2D eigenvalue weighted by atomic mass is 9.77. The summed E-state index contributed by atoms with van der Waals surface area (Å²) >= 11 is 0. The first-order chi connectivity index (χ1) is 10.0. The van der Waals surface area contributed by atoms with E-state index >= 15 is 0 Å². The Balaban J connectivity index is 1.56. The number of hydrogen-bond acceptors (Lipinski definition) is 2. The van der Waals surface area contributed by atoms with Gasteiger partial charge in [-0.2, -0.15) is 0 Å². The van der Waals surface area contributed by atoms with Crippen molar-refractivity contribution >= 4 is 12.0 Å². The summed E-state index contributed by atoms with van der Waals surface area (Å²) in [7, 11) is 0. The van der Waals surface area contributed by atoms with Crippen LogP contribution in [0.3, 0.4) is 0 Å². The monoisotopic (exact) mass is 294 g/mol. The van der Waals surface area contributed by atoms with Crippen molar-refractivity contribution in [2.75, 3.05) is 26.2 Å². The highest BCUT2D eigenvalue weighted by atomic mass is 16.4. The number of hydrogen-bond donors (Lipinski definition) is 1. The van der Waals surface area contributed by atoms with Gasteiger partial charge in [0.05, 0.1) is 5.92 Å². The standard InChI is InChI=1S/C16H26N2O3/c1-12-10-18(11-13(12)14(19)20)15(21)17-8-6-16(7-9-17)4-2-3-5-16/h12-13H,2-11H2,1H3,(H,19,20)/t12-,13-/m1/s1. The molecule has 1 N–H and O–H groups in total. The molecule has 5 heteroatoms. The minimum atomic E-state index is -0.777. The molecule has 2 atom stereocenters. The summed E-state index contributed by atoms with van der Waals surface area (Å²) < 4.78 is 0. The maximum absolute atomic E-state index is 12.6. The van der Waals surface area contributed by atoms with E-state index < -0.39 is 11.9 Å². The van der Waals surface area contributed by atoms with E-state index in [0.717, 1.165) is 25.9 Å². The number of carbonyl (C=O) groups excluding carboxylic acids is 1. The van der Waals surface area contributed by atoms with Crippen LogP contribution in [0, 0.1) is 17.3 Å². The molecular weight excluding hydrogens is 268 g/mol. The number of nitrogens with zero attached hydrogens (tertiary/aromatic N) is 2. The zero-order chi connectivity index (χ0) is 15.0. The van der Waals surface area contributed by atoms with Gasteiger partial charge >= 0.3 is 12.0 Å². The van der Waals surface area contributed by atoms with Crippen LogP contribution in [0.5, 0.6) is 0 Å². The maximum atomic E-state index is 12.6. The van der Waals surface area contributed by atoms with Crippen LogP contribution in [0.25, 0.3) is 0 Å². The molecule has 0 aromatic rings. The predicted molar refractivity (Wildman–Crippen MR) is 79.0 cm³/mol. The smallest absolute Gasteiger partial charge is 0.320 e. The molecule has 1 saturated carbocycles. The van der Waals surface area contributed by atoms with Crippen LogP contribution in [-0.4, -0.2) is 53.1 Å². The number of carbonyl (C=O) groups is 2. The van der Waals surface area contributed by atoms with Crippen LogP contribution in [0.15, 0.2) is 0 Å². The molecule has 3 fully saturated rings. The molecule has 0 unspecified atom stereocenters. The summed E-state index contributed by atoms with van der Waals surface area (Å²) in [6.07, 6.45) is 7.61. The molecule has 2 amide bonds. The molecule has 2 aliphatic heterocycles. The summed E-state index contributed by atoms with van der Waals surface area (Å²) in [5.41, 5.74) is 0.513. The largest absolute Gasteiger partial charge is 0.481 e. The zero-order valence-corrected chi connectivity index (χ0v) is 12.9. The lowest BCUT2D eigenvalue weighted by molar-refractivity contribution is -0.142. The van der Waals surface area contributed by atoms with Gasteiger partial charge in [0, 0.05) is 26.2 Å². The van der Waals surface area contributed by atoms with Crippen molar-refractivity contribution in [2.24, 2.45) is 17.3 Å². The molecule has 0 radical (unpaired) electrons. The number of aliphatic carboxylic acids is 1. The van der Waals surface area contributed by atoms with E-state index in [-0.39, 0.29) is 11.9 Å². The van der Waals surface area contributed by atoms with Crippen molar-refractivity contribution in [3.05, 3.63) is 0 Å². The molecule has 3 aliphatic rings. The molecular formula is C16H26N2O3. The van der Waals surface area contributed by atoms with Gasteiger partial charge in [-0.05, 0) is 37.0 Å². The van der Waals surface area contributed by atoms with Crippen molar-refractivity contribution in [1.82, 2.24) is 9.80 Å². The molecule has 118 valence electrons. The van der Waals surface area contributed by atoms with Crippen molar-refractivity contribution in [3.63, 3.8) is 0 Å². The summed E-state index contributed by atoms with van der Waals surface area (Å²) in [5, 5.41) is 9.18. The van der Waals surface area contributed by atoms with E-state index in [4.69, 9.17) is 0 Å². The van der Waals surface area contributed by atoms with Gasteiger partial charge in [-0.1, -0.05) is 19.8 Å². The molecule has 2 saturated heterocycles. The average molecular weight is 294 g/mol. The van der Waals surface area contributed by atoms with Crippen molar-refractivity contribution in [3.8, 4) is 0 Å². The van der Waals surface area contributed by atoms with E-state index in [1.165, 1.54) is 25.7 Å². The molecule has 0 bridgehead atoms. The molecule has 0 aromatic carbocycles. The van der Waals surface area contributed by atoms with Gasteiger partial charge in [0.2, 0.25) is 0 Å². The van der Waals surface area contributed by atoms with Crippen LogP contribution in [-0.2, 0) is 4.79 Å². The van der Waals surface area contributed by atoms with Crippen molar-refractivity contribution in [2.45, 2.75) is 45.4 Å². The van der Waals surface area contributed by atoms with Gasteiger partial charge in [0.25, 0.3) is 0 Å². The summed E-state index contributed by atoms with van der Waals surface area (Å²) in [4.78, 5) is 27.4. The Morgan fingerprint density at radius 2 is 1.62 bits per heavy atom. The molecule has 3 rings (SSSR count).